The van der Waals surface area contributed by atoms with Crippen molar-refractivity contribution >= 4 is 45.8 Å². The van der Waals surface area contributed by atoms with Crippen LogP contribution in [0.25, 0.3) is 0 Å². The van der Waals surface area contributed by atoms with Gasteiger partial charge in [0.15, 0.2) is 0 Å². The van der Waals surface area contributed by atoms with Crippen molar-refractivity contribution in [1.82, 2.24) is 5.43 Å². The van der Waals surface area contributed by atoms with Gasteiger partial charge in [0.25, 0.3) is 0 Å². The molecule has 0 radical (unpaired) electrons. The molecule has 20 heavy (non-hydrogen) atoms. The second-order valence-corrected chi connectivity index (χ2v) is 6.33. The maximum absolute atomic E-state index is 13.1. The lowest BCUT2D eigenvalue weighted by Gasteiger charge is -2.19. The molecule has 0 amide bonds. The van der Waals surface area contributed by atoms with Gasteiger partial charge in [-0.25, -0.2) is 4.39 Å². The highest BCUT2D eigenvalue weighted by Gasteiger charge is 2.16. The third kappa shape index (κ3) is 3.83. The van der Waals surface area contributed by atoms with E-state index in [9.17, 15) is 4.39 Å². The van der Waals surface area contributed by atoms with Crippen LogP contribution in [-0.4, -0.2) is 0 Å². The number of benzene rings is 2. The summed E-state index contributed by atoms with van der Waals surface area (Å²) in [6.45, 7) is 0. The Bertz CT molecular complexity index is 622. The van der Waals surface area contributed by atoms with Gasteiger partial charge in [0, 0.05) is 13.6 Å². The zero-order valence-corrected chi connectivity index (χ0v) is 14.0. The van der Waals surface area contributed by atoms with Gasteiger partial charge in [-0.3, -0.25) is 11.3 Å². The van der Waals surface area contributed by atoms with Crippen molar-refractivity contribution in [2.24, 2.45) is 5.84 Å². The molecule has 2 nitrogen and oxygen atoms in total. The predicted molar refractivity (Wildman–Crippen MR) is 89.3 cm³/mol. The molecule has 6 heteroatoms. The van der Waals surface area contributed by atoms with Crippen molar-refractivity contribution in [2.75, 3.05) is 0 Å². The molecule has 106 valence electrons. The zero-order valence-electron chi connectivity index (χ0n) is 10.3. The largest absolute Gasteiger partial charge is 0.271 e. The Hall–Kier alpha value is -0.400. The topological polar surface area (TPSA) is 38.0 Å². The van der Waals surface area contributed by atoms with Crippen LogP contribution in [0.4, 0.5) is 4.39 Å². The van der Waals surface area contributed by atoms with Gasteiger partial charge in [0.1, 0.15) is 5.82 Å². The molecule has 2 rings (SSSR count). The highest BCUT2D eigenvalue weighted by atomic mass is 127. The van der Waals surface area contributed by atoms with Crippen molar-refractivity contribution in [3.63, 3.8) is 0 Å². The number of hydrogen-bond donors (Lipinski definition) is 2. The molecule has 3 N–H and O–H groups in total. The molecule has 0 aromatic heterocycles. The standard InChI is InChI=1S/C14H12Cl2FIN2/c15-9-2-4-13(18)11(6-9)14(20-19)5-8-1-3-10(17)7-12(8)16/h1-4,6-7,14,20H,5,19H2. The van der Waals surface area contributed by atoms with Gasteiger partial charge in [-0.2, -0.15) is 0 Å². The maximum atomic E-state index is 13.1. The summed E-state index contributed by atoms with van der Waals surface area (Å²) in [5, 5.41) is 1.04. The van der Waals surface area contributed by atoms with Gasteiger partial charge >= 0.3 is 0 Å². The minimum Gasteiger partial charge on any atom is -0.271 e. The third-order valence-corrected chi connectivity index (χ3v) is 4.54. The number of halogens is 4. The Kier molecular flexibility index (Phi) is 5.63. The van der Waals surface area contributed by atoms with E-state index in [-0.39, 0.29) is 11.9 Å². The van der Waals surface area contributed by atoms with Gasteiger partial charge in [-0.15, -0.1) is 0 Å². The Balaban J connectivity index is 2.31. The molecule has 0 aliphatic heterocycles. The first-order chi connectivity index (χ1) is 9.51. The summed E-state index contributed by atoms with van der Waals surface area (Å²) in [7, 11) is 0. The molecule has 2 aromatic rings. The van der Waals surface area contributed by atoms with Crippen LogP contribution in [0.15, 0.2) is 36.4 Å². The number of nitrogens with one attached hydrogen (secondary N) is 1. The van der Waals surface area contributed by atoms with Crippen LogP contribution in [0.2, 0.25) is 10.0 Å². The first kappa shape index (κ1) is 16.0. The first-order valence-electron chi connectivity index (χ1n) is 5.86. The van der Waals surface area contributed by atoms with E-state index in [0.717, 1.165) is 14.7 Å². The van der Waals surface area contributed by atoms with Gasteiger partial charge in [0.05, 0.1) is 6.04 Å². The molecule has 0 spiro atoms. The molecular formula is C14H12Cl2FIN2. The summed E-state index contributed by atoms with van der Waals surface area (Å²) in [6.07, 6.45) is 0.548. The van der Waals surface area contributed by atoms with Crippen molar-refractivity contribution < 1.29 is 4.39 Å². The van der Waals surface area contributed by atoms with Crippen LogP contribution in [0.1, 0.15) is 17.2 Å². The molecule has 1 atom stereocenters. The van der Waals surface area contributed by atoms with Crippen molar-refractivity contribution in [2.45, 2.75) is 12.5 Å². The molecule has 0 heterocycles. The van der Waals surface area contributed by atoms with E-state index in [1.807, 2.05) is 18.2 Å². The summed E-state index contributed by atoms with van der Waals surface area (Å²) in [5.74, 6) is 5.28. The molecule has 0 saturated carbocycles. The van der Waals surface area contributed by atoms with Crippen LogP contribution >= 0.6 is 45.8 Å². The van der Waals surface area contributed by atoms with Gasteiger partial charge in [0.2, 0.25) is 0 Å². The van der Waals surface area contributed by atoms with Crippen LogP contribution < -0.4 is 11.3 Å². The van der Waals surface area contributed by atoms with Crippen LogP contribution in [0.5, 0.6) is 0 Å². The summed E-state index contributed by atoms with van der Waals surface area (Å²) in [5.41, 5.74) is 4.57. The summed E-state index contributed by atoms with van der Waals surface area (Å²) in [6, 6.07) is 9.82. The fourth-order valence-corrected chi connectivity index (χ4v) is 3.08. The first-order valence-corrected chi connectivity index (χ1v) is 7.69. The van der Waals surface area contributed by atoms with E-state index < -0.39 is 0 Å². The quantitative estimate of drug-likeness (QED) is 0.431. The highest BCUT2D eigenvalue weighted by molar-refractivity contribution is 14.1. The number of nitrogens with two attached hydrogens (primary N) is 1. The molecule has 2 aromatic carbocycles. The van der Waals surface area contributed by atoms with Crippen molar-refractivity contribution in [1.29, 1.82) is 0 Å². The predicted octanol–water partition coefficient (Wildman–Crippen LogP) is 4.48. The lowest BCUT2D eigenvalue weighted by atomic mass is 9.99. The normalized spacial score (nSPS) is 12.4. The number of hydrazine groups is 1. The van der Waals surface area contributed by atoms with Crippen LogP contribution in [0.3, 0.4) is 0 Å². The van der Waals surface area contributed by atoms with Gasteiger partial charge in [-0.05, 0) is 70.5 Å². The van der Waals surface area contributed by atoms with Gasteiger partial charge < -0.3 is 0 Å². The monoisotopic (exact) mass is 424 g/mol. The van der Waals surface area contributed by atoms with Crippen molar-refractivity contribution in [3.8, 4) is 0 Å². The Morgan fingerprint density at radius 2 is 1.95 bits per heavy atom. The lowest BCUT2D eigenvalue weighted by Crippen LogP contribution is -2.30. The summed E-state index contributed by atoms with van der Waals surface area (Å²) < 4.78 is 14.1. The van der Waals surface area contributed by atoms with E-state index in [1.165, 1.54) is 12.1 Å². The molecule has 0 aliphatic rings. The van der Waals surface area contributed by atoms with Crippen LogP contribution in [0, 0.1) is 9.39 Å². The van der Waals surface area contributed by atoms with E-state index in [0.29, 0.717) is 16.5 Å². The number of hydrogen-bond acceptors (Lipinski definition) is 2. The average Bonchev–Trinajstić information content (AvgIpc) is 2.41. The van der Waals surface area contributed by atoms with E-state index in [1.54, 1.807) is 6.07 Å². The summed E-state index contributed by atoms with van der Waals surface area (Å²) in [4.78, 5) is 0. The second kappa shape index (κ2) is 7.04. The van der Waals surface area contributed by atoms with Crippen molar-refractivity contribution in [3.05, 3.63) is 67.0 Å². The fraction of sp³-hybridized carbons (Fsp3) is 0.143. The summed E-state index contributed by atoms with van der Waals surface area (Å²) >= 11 is 14.3. The molecule has 1 unspecified atom stereocenters. The zero-order chi connectivity index (χ0) is 14.7. The minimum absolute atomic E-state index is 0.149. The molecule has 0 bridgehead atoms. The second-order valence-electron chi connectivity index (χ2n) is 4.32. The Morgan fingerprint density at radius 3 is 2.60 bits per heavy atom. The van der Waals surface area contributed by atoms with Crippen LogP contribution in [-0.2, 0) is 6.42 Å². The Labute approximate surface area is 140 Å². The highest BCUT2D eigenvalue weighted by Crippen LogP contribution is 2.28. The minimum atomic E-state index is -0.353. The fourth-order valence-electron chi connectivity index (χ4n) is 1.95. The van der Waals surface area contributed by atoms with E-state index in [4.69, 9.17) is 29.0 Å². The Morgan fingerprint density at radius 1 is 1.20 bits per heavy atom. The molecule has 0 fully saturated rings. The van der Waals surface area contributed by atoms with E-state index >= 15 is 0 Å². The maximum Gasteiger partial charge on any atom is 0.124 e. The molecule has 0 aliphatic carbocycles. The molecule has 0 saturated heterocycles. The molecular weight excluding hydrogens is 413 g/mol. The number of rotatable bonds is 4. The SMILES string of the molecule is NNC(Cc1ccc(F)cc1Cl)c1cc(Cl)ccc1I. The average molecular weight is 425 g/mol. The third-order valence-electron chi connectivity index (χ3n) is 2.97. The lowest BCUT2D eigenvalue weighted by molar-refractivity contribution is 0.548. The van der Waals surface area contributed by atoms with Gasteiger partial charge in [-0.1, -0.05) is 29.3 Å². The van der Waals surface area contributed by atoms with E-state index in [2.05, 4.69) is 28.0 Å². The smallest absolute Gasteiger partial charge is 0.124 e.